The zero-order chi connectivity index (χ0) is 23.7. The number of hydrogen-bond acceptors (Lipinski definition) is 4. The Hall–Kier alpha value is -2.93. The minimum absolute atomic E-state index is 0.0638. The van der Waals surface area contributed by atoms with Crippen LogP contribution < -0.4 is 0 Å². The van der Waals surface area contributed by atoms with Gasteiger partial charge in [0.25, 0.3) is 5.91 Å². The molecule has 6 nitrogen and oxygen atoms in total. The van der Waals surface area contributed by atoms with Gasteiger partial charge in [-0.3, -0.25) is 9.48 Å². The molecular weight excluding hydrogens is 446 g/mol. The number of rotatable bonds is 5. The fraction of sp³-hybridized carbons (Fsp3) is 0.407. The van der Waals surface area contributed by atoms with E-state index in [1.807, 2.05) is 48.2 Å². The molecule has 34 heavy (non-hydrogen) atoms. The minimum Gasteiger partial charge on any atom is -0.337 e. The van der Waals surface area contributed by atoms with Gasteiger partial charge in [-0.15, -0.1) is 0 Å². The predicted octanol–water partition coefficient (Wildman–Crippen LogP) is 4.31. The van der Waals surface area contributed by atoms with Crippen LogP contribution in [0.1, 0.15) is 46.9 Å². The molecule has 3 heterocycles. The number of sulfone groups is 1. The van der Waals surface area contributed by atoms with Crippen molar-refractivity contribution in [2.45, 2.75) is 38.6 Å². The molecule has 178 valence electrons. The number of hydrogen-bond donors (Lipinski definition) is 0. The molecular formula is C27H31N3O3S. The van der Waals surface area contributed by atoms with E-state index in [4.69, 9.17) is 0 Å². The van der Waals surface area contributed by atoms with Gasteiger partial charge < -0.3 is 4.90 Å². The Morgan fingerprint density at radius 1 is 1.00 bits per heavy atom. The smallest absolute Gasteiger partial charge is 0.274 e. The summed E-state index contributed by atoms with van der Waals surface area (Å²) in [4.78, 5) is 15.3. The number of aryl methyl sites for hydroxylation is 1. The first kappa shape index (κ1) is 22.8. The largest absolute Gasteiger partial charge is 0.337 e. The molecule has 1 atom stereocenters. The quantitative estimate of drug-likeness (QED) is 0.549. The molecule has 3 aromatic rings. The fourth-order valence-electron chi connectivity index (χ4n) is 5.14. The molecule has 7 heteroatoms. The molecule has 2 aliphatic rings. The summed E-state index contributed by atoms with van der Waals surface area (Å²) in [6.45, 7) is 3.47. The van der Waals surface area contributed by atoms with Gasteiger partial charge in [-0.1, -0.05) is 60.2 Å². The maximum Gasteiger partial charge on any atom is 0.274 e. The van der Waals surface area contributed by atoms with Gasteiger partial charge >= 0.3 is 0 Å². The number of carbonyl (C=O) groups excluding carboxylic acids is 1. The Morgan fingerprint density at radius 2 is 1.71 bits per heavy atom. The van der Waals surface area contributed by atoms with Crippen molar-refractivity contribution in [2.24, 2.45) is 5.92 Å². The lowest BCUT2D eigenvalue weighted by atomic mass is 9.90. The lowest BCUT2D eigenvalue weighted by Gasteiger charge is -2.31. The first-order valence-corrected chi connectivity index (χ1v) is 13.9. The highest BCUT2D eigenvalue weighted by Gasteiger charge is 2.33. The monoisotopic (exact) mass is 477 g/mol. The zero-order valence-electron chi connectivity index (χ0n) is 19.6. The van der Waals surface area contributed by atoms with Gasteiger partial charge in [-0.05, 0) is 55.7 Å². The van der Waals surface area contributed by atoms with E-state index >= 15 is 0 Å². The third-order valence-electron chi connectivity index (χ3n) is 7.13. The van der Waals surface area contributed by atoms with Gasteiger partial charge in [0.15, 0.2) is 15.5 Å². The summed E-state index contributed by atoms with van der Waals surface area (Å²) in [7, 11) is -3.07. The molecule has 2 fully saturated rings. The van der Waals surface area contributed by atoms with Gasteiger partial charge in [-0.25, -0.2) is 8.42 Å². The summed E-state index contributed by atoms with van der Waals surface area (Å²) in [5.41, 5.74) is 4.65. The average molecular weight is 478 g/mol. The van der Waals surface area contributed by atoms with E-state index in [0.29, 0.717) is 18.0 Å². The molecule has 0 N–H and O–H groups in total. The zero-order valence-corrected chi connectivity index (χ0v) is 20.4. The Labute approximate surface area is 201 Å². The maximum absolute atomic E-state index is 13.4. The predicted molar refractivity (Wildman–Crippen MR) is 133 cm³/mol. The van der Waals surface area contributed by atoms with Crippen LogP contribution in [0.3, 0.4) is 0 Å². The SMILES string of the molecule is Cc1ccc(-c2cc(C(=O)N3CCC(Cc4ccccc4)CC3)nn2[C@@H]2CCS(=O)(=O)C2)cc1. The van der Waals surface area contributed by atoms with E-state index in [0.717, 1.165) is 49.2 Å². The van der Waals surface area contributed by atoms with E-state index in [2.05, 4.69) is 29.4 Å². The molecule has 1 aromatic heterocycles. The van der Waals surface area contributed by atoms with E-state index in [1.54, 1.807) is 4.68 Å². The maximum atomic E-state index is 13.4. The summed E-state index contributed by atoms with van der Waals surface area (Å²) in [6.07, 6.45) is 3.53. The van der Waals surface area contributed by atoms with Crippen molar-refractivity contribution in [1.29, 1.82) is 0 Å². The molecule has 2 aromatic carbocycles. The molecule has 0 radical (unpaired) electrons. The van der Waals surface area contributed by atoms with Crippen LogP contribution in [-0.2, 0) is 16.3 Å². The summed E-state index contributed by atoms with van der Waals surface area (Å²) in [5, 5.41) is 4.68. The summed E-state index contributed by atoms with van der Waals surface area (Å²) >= 11 is 0. The number of nitrogens with zero attached hydrogens (tertiary/aromatic N) is 3. The number of carbonyl (C=O) groups is 1. The first-order valence-electron chi connectivity index (χ1n) is 12.1. The van der Waals surface area contributed by atoms with E-state index < -0.39 is 9.84 Å². The van der Waals surface area contributed by atoms with E-state index in [-0.39, 0.29) is 23.5 Å². The minimum atomic E-state index is -3.07. The van der Waals surface area contributed by atoms with Crippen LogP contribution in [0.25, 0.3) is 11.3 Å². The van der Waals surface area contributed by atoms with Crippen LogP contribution in [0.4, 0.5) is 0 Å². The molecule has 0 bridgehead atoms. The van der Waals surface area contributed by atoms with Crippen molar-refractivity contribution in [3.8, 4) is 11.3 Å². The lowest BCUT2D eigenvalue weighted by molar-refractivity contribution is 0.0683. The Morgan fingerprint density at radius 3 is 2.35 bits per heavy atom. The van der Waals surface area contributed by atoms with E-state index in [1.165, 1.54) is 5.56 Å². The summed E-state index contributed by atoms with van der Waals surface area (Å²) in [6, 6.07) is 20.2. The number of benzene rings is 2. The van der Waals surface area contributed by atoms with Gasteiger partial charge in [0, 0.05) is 13.1 Å². The number of likely N-dealkylation sites (tertiary alicyclic amines) is 1. The highest BCUT2D eigenvalue weighted by Crippen LogP contribution is 2.31. The first-order chi connectivity index (χ1) is 16.4. The van der Waals surface area contributed by atoms with E-state index in [9.17, 15) is 13.2 Å². The van der Waals surface area contributed by atoms with Gasteiger partial charge in [0.1, 0.15) is 0 Å². The van der Waals surface area contributed by atoms with Crippen molar-refractivity contribution >= 4 is 15.7 Å². The van der Waals surface area contributed by atoms with Crippen molar-refractivity contribution in [1.82, 2.24) is 14.7 Å². The summed E-state index contributed by atoms with van der Waals surface area (Å²) < 4.78 is 26.1. The van der Waals surface area contributed by atoms with Crippen molar-refractivity contribution in [2.75, 3.05) is 24.6 Å². The van der Waals surface area contributed by atoms with Crippen molar-refractivity contribution in [3.05, 3.63) is 77.5 Å². The molecule has 5 rings (SSSR count). The van der Waals surface area contributed by atoms with Gasteiger partial charge in [-0.2, -0.15) is 5.10 Å². The number of piperidine rings is 1. The molecule has 0 spiro atoms. The second kappa shape index (κ2) is 9.37. The van der Waals surface area contributed by atoms with Crippen LogP contribution in [0.15, 0.2) is 60.7 Å². The third-order valence-corrected chi connectivity index (χ3v) is 8.88. The summed E-state index contributed by atoms with van der Waals surface area (Å²) in [5.74, 6) is 0.761. The fourth-order valence-corrected chi connectivity index (χ4v) is 6.83. The number of aromatic nitrogens is 2. The molecule has 0 unspecified atom stereocenters. The molecule has 1 amide bonds. The molecule has 2 saturated heterocycles. The second-order valence-electron chi connectivity index (χ2n) is 9.71. The normalized spacial score (nSPS) is 20.5. The molecule has 2 aliphatic heterocycles. The van der Waals surface area contributed by atoms with Gasteiger partial charge in [0.05, 0.1) is 23.2 Å². The van der Waals surface area contributed by atoms with Crippen LogP contribution >= 0.6 is 0 Å². The number of amides is 1. The topological polar surface area (TPSA) is 72.3 Å². The Balaban J connectivity index is 1.34. The van der Waals surface area contributed by atoms with Crippen molar-refractivity contribution in [3.63, 3.8) is 0 Å². The van der Waals surface area contributed by atoms with Crippen LogP contribution in [0.2, 0.25) is 0 Å². The Kier molecular flexibility index (Phi) is 6.30. The second-order valence-corrected chi connectivity index (χ2v) is 11.9. The standard InChI is InChI=1S/C27H31N3O3S/c1-20-7-9-23(10-8-20)26-18-25(28-30(26)24-13-16-34(32,33)19-24)27(31)29-14-11-22(12-15-29)17-21-5-3-2-4-6-21/h2-10,18,22,24H,11-17,19H2,1H3/t24-/m1/s1. The Bertz CT molecular complexity index is 1260. The van der Waals surface area contributed by atoms with Crippen LogP contribution in [-0.4, -0.2) is 53.6 Å². The molecule has 0 saturated carbocycles. The average Bonchev–Trinajstić information content (AvgIpc) is 3.44. The molecule has 0 aliphatic carbocycles. The van der Waals surface area contributed by atoms with Crippen LogP contribution in [0, 0.1) is 12.8 Å². The highest BCUT2D eigenvalue weighted by molar-refractivity contribution is 7.91. The van der Waals surface area contributed by atoms with Crippen molar-refractivity contribution < 1.29 is 13.2 Å². The van der Waals surface area contributed by atoms with Gasteiger partial charge in [0.2, 0.25) is 0 Å². The van der Waals surface area contributed by atoms with Crippen LogP contribution in [0.5, 0.6) is 0 Å². The third kappa shape index (κ3) is 4.94. The highest BCUT2D eigenvalue weighted by atomic mass is 32.2. The lowest BCUT2D eigenvalue weighted by Crippen LogP contribution is -2.39.